The maximum atomic E-state index is 13.1. The lowest BCUT2D eigenvalue weighted by Crippen LogP contribution is -2.41. The molecule has 9 heteroatoms. The van der Waals surface area contributed by atoms with Crippen LogP contribution in [0.5, 0.6) is 11.5 Å². The highest BCUT2D eigenvalue weighted by Gasteiger charge is 2.34. The van der Waals surface area contributed by atoms with E-state index in [9.17, 15) is 18.0 Å². The lowest BCUT2D eigenvalue weighted by molar-refractivity contribution is -0.142. The number of ether oxygens (including phenoxy) is 3. The van der Waals surface area contributed by atoms with Crippen LogP contribution in [0.15, 0.2) is 18.2 Å². The van der Waals surface area contributed by atoms with Crippen molar-refractivity contribution >= 4 is 21.7 Å². The molecule has 0 saturated carbocycles. The second kappa shape index (κ2) is 9.77. The van der Waals surface area contributed by atoms with Crippen LogP contribution < -0.4 is 9.47 Å². The van der Waals surface area contributed by atoms with E-state index in [1.807, 2.05) is 6.92 Å². The van der Waals surface area contributed by atoms with Gasteiger partial charge in [0, 0.05) is 18.2 Å². The first kappa shape index (κ1) is 22.0. The summed E-state index contributed by atoms with van der Waals surface area (Å²) in [5, 5.41) is 0. The molecule has 8 nitrogen and oxygen atoms in total. The third-order valence-corrected chi connectivity index (χ3v) is 6.40. The van der Waals surface area contributed by atoms with Crippen LogP contribution in [0.2, 0.25) is 0 Å². The molecular formula is C19H27NO7S. The molecule has 0 aliphatic carbocycles. The average molecular weight is 413 g/mol. The summed E-state index contributed by atoms with van der Waals surface area (Å²) in [6.45, 7) is 2.24. The smallest absolute Gasteiger partial charge is 0.343 e. The zero-order chi connectivity index (χ0) is 20.7. The molecule has 2 rings (SSSR count). The van der Waals surface area contributed by atoms with Gasteiger partial charge in [-0.05, 0) is 31.0 Å². The van der Waals surface area contributed by atoms with E-state index >= 15 is 0 Å². The van der Waals surface area contributed by atoms with E-state index in [4.69, 9.17) is 9.47 Å². The van der Waals surface area contributed by atoms with E-state index in [1.54, 1.807) is 17.0 Å². The van der Waals surface area contributed by atoms with E-state index < -0.39 is 15.8 Å². The van der Waals surface area contributed by atoms with Gasteiger partial charge in [0.25, 0.3) is 5.91 Å². The summed E-state index contributed by atoms with van der Waals surface area (Å²) in [6.07, 6.45) is 2.14. The number of methoxy groups -OCH3 is 2. The second-order valence-corrected chi connectivity index (χ2v) is 8.87. The van der Waals surface area contributed by atoms with Gasteiger partial charge in [-0.25, -0.2) is 13.2 Å². The monoisotopic (exact) mass is 413 g/mol. The molecule has 1 aliphatic rings. The van der Waals surface area contributed by atoms with Crippen molar-refractivity contribution in [3.63, 3.8) is 0 Å². The van der Waals surface area contributed by atoms with Crippen LogP contribution in [-0.4, -0.2) is 70.1 Å². The van der Waals surface area contributed by atoms with Crippen molar-refractivity contribution in [2.24, 2.45) is 0 Å². The molecule has 1 fully saturated rings. The van der Waals surface area contributed by atoms with Gasteiger partial charge in [-0.15, -0.1) is 0 Å². The predicted octanol–water partition coefficient (Wildman–Crippen LogP) is 1.68. The molecule has 0 aromatic heterocycles. The third kappa shape index (κ3) is 5.60. The van der Waals surface area contributed by atoms with Gasteiger partial charge in [-0.2, -0.15) is 0 Å². The van der Waals surface area contributed by atoms with Crippen molar-refractivity contribution in [1.82, 2.24) is 4.90 Å². The number of unbranched alkanes of at least 4 members (excludes halogenated alkanes) is 1. The first-order valence-electron chi connectivity index (χ1n) is 9.20. The van der Waals surface area contributed by atoms with Gasteiger partial charge in [0.15, 0.2) is 27.9 Å². The molecule has 1 atom stereocenters. The average Bonchev–Trinajstić information content (AvgIpc) is 3.05. The van der Waals surface area contributed by atoms with E-state index in [2.05, 4.69) is 4.74 Å². The highest BCUT2D eigenvalue weighted by Crippen LogP contribution is 2.29. The molecule has 1 saturated heterocycles. The minimum Gasteiger partial charge on any atom is -0.493 e. The van der Waals surface area contributed by atoms with Crippen LogP contribution in [0, 0.1) is 0 Å². The van der Waals surface area contributed by atoms with E-state index in [1.165, 1.54) is 20.3 Å². The lowest BCUT2D eigenvalue weighted by atomic mass is 10.1. The molecule has 1 unspecified atom stereocenters. The Morgan fingerprint density at radius 1 is 1.21 bits per heavy atom. The topological polar surface area (TPSA) is 99.2 Å². The Morgan fingerprint density at radius 2 is 1.96 bits per heavy atom. The Morgan fingerprint density at radius 3 is 2.54 bits per heavy atom. The van der Waals surface area contributed by atoms with E-state index in [0.29, 0.717) is 30.0 Å². The lowest BCUT2D eigenvalue weighted by Gasteiger charge is -2.28. The third-order valence-electron chi connectivity index (χ3n) is 4.65. The number of sulfone groups is 1. The van der Waals surface area contributed by atoms with Crippen molar-refractivity contribution in [2.75, 3.05) is 38.9 Å². The Labute approximate surface area is 165 Å². The van der Waals surface area contributed by atoms with Crippen molar-refractivity contribution in [3.05, 3.63) is 23.8 Å². The summed E-state index contributed by atoms with van der Waals surface area (Å²) < 4.78 is 38.9. The Balaban J connectivity index is 2.22. The van der Waals surface area contributed by atoms with Gasteiger partial charge < -0.3 is 19.1 Å². The summed E-state index contributed by atoms with van der Waals surface area (Å²) in [5.74, 6) is -0.0436. The summed E-state index contributed by atoms with van der Waals surface area (Å²) in [7, 11) is -0.401. The molecular weight excluding hydrogens is 386 g/mol. The van der Waals surface area contributed by atoms with Crippen LogP contribution >= 0.6 is 0 Å². The minimum atomic E-state index is -3.10. The first-order chi connectivity index (χ1) is 13.3. The molecule has 0 radical (unpaired) electrons. The maximum absolute atomic E-state index is 13.1. The Hall–Kier alpha value is -2.29. The number of rotatable bonds is 9. The van der Waals surface area contributed by atoms with Gasteiger partial charge in [0.1, 0.15) is 0 Å². The van der Waals surface area contributed by atoms with Gasteiger partial charge in [0.05, 0.1) is 25.7 Å². The van der Waals surface area contributed by atoms with Crippen LogP contribution in [0.25, 0.3) is 0 Å². The summed E-state index contributed by atoms with van der Waals surface area (Å²) in [6, 6.07) is 4.36. The zero-order valence-electron chi connectivity index (χ0n) is 16.5. The van der Waals surface area contributed by atoms with Crippen LogP contribution in [-0.2, 0) is 19.4 Å². The van der Waals surface area contributed by atoms with Crippen molar-refractivity contribution in [3.8, 4) is 11.5 Å². The summed E-state index contributed by atoms with van der Waals surface area (Å²) in [5.41, 5.74) is 0.377. The fourth-order valence-electron chi connectivity index (χ4n) is 3.08. The predicted molar refractivity (Wildman–Crippen MR) is 104 cm³/mol. The van der Waals surface area contributed by atoms with Gasteiger partial charge in [-0.3, -0.25) is 4.79 Å². The number of esters is 1. The quantitative estimate of drug-likeness (QED) is 0.568. The normalized spacial score (nSPS) is 17.8. The Kier molecular flexibility index (Phi) is 7.68. The molecule has 1 amide bonds. The molecule has 1 heterocycles. The standard InChI is InChI=1S/C19H27NO7S/c1-4-5-9-20(15-8-10-28(23,24)13-15)19(22)14-6-7-16(17(11-14)25-2)27-12-18(21)26-3/h6-7,11,15H,4-5,8-10,12-13H2,1-3H3. The van der Waals surface area contributed by atoms with E-state index in [-0.39, 0.29) is 30.1 Å². The van der Waals surface area contributed by atoms with Gasteiger partial charge in [0.2, 0.25) is 0 Å². The fourth-order valence-corrected chi connectivity index (χ4v) is 4.81. The van der Waals surface area contributed by atoms with Crippen molar-refractivity contribution < 1.29 is 32.2 Å². The molecule has 1 aromatic carbocycles. The van der Waals surface area contributed by atoms with Crippen LogP contribution in [0.4, 0.5) is 0 Å². The SMILES string of the molecule is CCCCN(C(=O)c1ccc(OCC(=O)OC)c(OC)c1)C1CCS(=O)(=O)C1. The molecule has 0 bridgehead atoms. The van der Waals surface area contributed by atoms with Crippen molar-refractivity contribution in [1.29, 1.82) is 0 Å². The summed E-state index contributed by atoms with van der Waals surface area (Å²) in [4.78, 5) is 26.0. The molecule has 1 aromatic rings. The molecule has 1 aliphatic heterocycles. The minimum absolute atomic E-state index is 0.0000861. The van der Waals surface area contributed by atoms with Gasteiger partial charge in [-0.1, -0.05) is 13.3 Å². The van der Waals surface area contributed by atoms with Crippen LogP contribution in [0.1, 0.15) is 36.5 Å². The molecule has 0 N–H and O–H groups in total. The summed E-state index contributed by atoms with van der Waals surface area (Å²) >= 11 is 0. The number of hydrogen-bond acceptors (Lipinski definition) is 7. The number of amides is 1. The van der Waals surface area contributed by atoms with Gasteiger partial charge >= 0.3 is 5.97 Å². The van der Waals surface area contributed by atoms with Crippen LogP contribution in [0.3, 0.4) is 0 Å². The molecule has 0 spiro atoms. The van der Waals surface area contributed by atoms with Crippen molar-refractivity contribution in [2.45, 2.75) is 32.2 Å². The van der Waals surface area contributed by atoms with E-state index in [0.717, 1.165) is 12.8 Å². The zero-order valence-corrected chi connectivity index (χ0v) is 17.3. The number of carbonyl (C=O) groups is 2. The highest BCUT2D eigenvalue weighted by molar-refractivity contribution is 7.91. The largest absolute Gasteiger partial charge is 0.493 e. The number of nitrogens with zero attached hydrogens (tertiary/aromatic N) is 1. The molecule has 28 heavy (non-hydrogen) atoms. The number of benzene rings is 1. The Bertz CT molecular complexity index is 807. The maximum Gasteiger partial charge on any atom is 0.343 e. The number of hydrogen-bond donors (Lipinski definition) is 0. The highest BCUT2D eigenvalue weighted by atomic mass is 32.2. The first-order valence-corrected chi connectivity index (χ1v) is 11.0. The number of carbonyl (C=O) groups excluding carboxylic acids is 2. The fraction of sp³-hybridized carbons (Fsp3) is 0.579. The molecule has 156 valence electrons. The second-order valence-electron chi connectivity index (χ2n) is 6.64.